The van der Waals surface area contributed by atoms with E-state index in [9.17, 15) is 10.1 Å². The number of benzene rings is 1. The Labute approximate surface area is 88.3 Å². The number of nitro groups is 1. The quantitative estimate of drug-likeness (QED) is 0.416. The van der Waals surface area contributed by atoms with E-state index >= 15 is 0 Å². The molecule has 0 aliphatic carbocycles. The molecule has 3 heteroatoms. The van der Waals surface area contributed by atoms with Crippen LogP contribution >= 0.6 is 0 Å². The molecule has 1 aromatic carbocycles. The Balaban J connectivity index is 3.17. The van der Waals surface area contributed by atoms with Gasteiger partial charge in [0.1, 0.15) is 5.41 Å². The average Bonchev–Trinajstić information content (AvgIpc) is 2.28. The van der Waals surface area contributed by atoms with Gasteiger partial charge in [-0.25, -0.2) is 0 Å². The van der Waals surface area contributed by atoms with Crippen molar-refractivity contribution in [3.8, 4) is 24.7 Å². The van der Waals surface area contributed by atoms with Crippen molar-refractivity contribution in [3.63, 3.8) is 0 Å². The van der Waals surface area contributed by atoms with Gasteiger partial charge in [-0.15, -0.1) is 12.8 Å². The van der Waals surface area contributed by atoms with Crippen molar-refractivity contribution in [3.05, 3.63) is 39.9 Å². The highest BCUT2D eigenvalue weighted by atomic mass is 16.6. The summed E-state index contributed by atoms with van der Waals surface area (Å²) in [5, 5.41) is 10.4. The molecule has 0 aromatic heterocycles. The molecule has 0 bridgehead atoms. The van der Waals surface area contributed by atoms with Crippen LogP contribution in [-0.2, 0) is 5.41 Å². The predicted octanol–water partition coefficient (Wildman–Crippen LogP) is 2.12. The van der Waals surface area contributed by atoms with Crippen LogP contribution in [0.2, 0.25) is 0 Å². The van der Waals surface area contributed by atoms with E-state index < -0.39 is 10.3 Å². The van der Waals surface area contributed by atoms with E-state index in [2.05, 4.69) is 11.8 Å². The zero-order valence-electron chi connectivity index (χ0n) is 8.23. The summed E-state index contributed by atoms with van der Waals surface area (Å²) in [4.78, 5) is 9.96. The second-order valence-electron chi connectivity index (χ2n) is 3.22. The van der Waals surface area contributed by atoms with Gasteiger partial charge in [0.05, 0.1) is 4.92 Å². The maximum absolute atomic E-state index is 10.4. The molecule has 0 atom stereocenters. The summed E-state index contributed by atoms with van der Waals surface area (Å²) in [6.07, 6.45) is 10.6. The van der Waals surface area contributed by atoms with Gasteiger partial charge in [0, 0.05) is 12.1 Å². The fourth-order valence-corrected chi connectivity index (χ4v) is 1.12. The van der Waals surface area contributed by atoms with Crippen LogP contribution in [0.1, 0.15) is 12.5 Å². The largest absolute Gasteiger partial charge is 0.269 e. The van der Waals surface area contributed by atoms with Crippen LogP contribution in [0.4, 0.5) is 5.69 Å². The smallest absolute Gasteiger partial charge is 0.258 e. The second kappa shape index (κ2) is 3.86. The summed E-state index contributed by atoms with van der Waals surface area (Å²) >= 11 is 0. The zero-order chi connectivity index (χ0) is 11.5. The van der Waals surface area contributed by atoms with Gasteiger partial charge < -0.3 is 0 Å². The molecule has 0 unspecified atom stereocenters. The number of non-ortho nitro benzene ring substituents is 1. The SMILES string of the molecule is C#CC(C)(C#C)c1ccc([N+](=O)[O-])cc1. The Morgan fingerprint density at radius 1 is 1.27 bits per heavy atom. The molecule has 0 radical (unpaired) electrons. The summed E-state index contributed by atoms with van der Waals surface area (Å²) in [7, 11) is 0. The van der Waals surface area contributed by atoms with Crippen LogP contribution in [-0.4, -0.2) is 4.92 Å². The number of rotatable bonds is 2. The maximum atomic E-state index is 10.4. The summed E-state index contributed by atoms with van der Waals surface area (Å²) in [6, 6.07) is 5.94. The number of hydrogen-bond donors (Lipinski definition) is 0. The molecular weight excluding hydrogens is 190 g/mol. The summed E-state index contributed by atoms with van der Waals surface area (Å²) in [5.74, 6) is 4.97. The van der Waals surface area contributed by atoms with Crippen LogP contribution in [0, 0.1) is 34.8 Å². The van der Waals surface area contributed by atoms with E-state index in [1.54, 1.807) is 19.1 Å². The molecule has 0 saturated heterocycles. The van der Waals surface area contributed by atoms with E-state index in [4.69, 9.17) is 12.8 Å². The lowest BCUT2D eigenvalue weighted by molar-refractivity contribution is -0.384. The zero-order valence-corrected chi connectivity index (χ0v) is 8.23. The topological polar surface area (TPSA) is 43.1 Å². The van der Waals surface area contributed by atoms with Crippen molar-refractivity contribution < 1.29 is 4.92 Å². The Morgan fingerprint density at radius 2 is 1.73 bits per heavy atom. The number of terminal acetylenes is 2. The molecular formula is C12H9NO2. The standard InChI is InChI=1S/C12H9NO2/c1-4-12(3,5-2)10-6-8-11(9-7-10)13(14)15/h1-2,6-9H,3H3. The molecule has 0 aliphatic rings. The highest BCUT2D eigenvalue weighted by Gasteiger charge is 2.21. The van der Waals surface area contributed by atoms with Gasteiger partial charge in [0.25, 0.3) is 5.69 Å². The fourth-order valence-electron chi connectivity index (χ4n) is 1.12. The van der Waals surface area contributed by atoms with Crippen molar-refractivity contribution in [2.24, 2.45) is 0 Å². The van der Waals surface area contributed by atoms with E-state index in [1.165, 1.54) is 12.1 Å². The van der Waals surface area contributed by atoms with Crippen LogP contribution in [0.3, 0.4) is 0 Å². The third-order valence-corrected chi connectivity index (χ3v) is 2.23. The first-order valence-corrected chi connectivity index (χ1v) is 4.24. The fraction of sp³-hybridized carbons (Fsp3) is 0.167. The van der Waals surface area contributed by atoms with E-state index in [-0.39, 0.29) is 5.69 Å². The van der Waals surface area contributed by atoms with Crippen LogP contribution in [0.5, 0.6) is 0 Å². The Hall–Kier alpha value is -2.26. The van der Waals surface area contributed by atoms with Crippen LogP contribution in [0.15, 0.2) is 24.3 Å². The van der Waals surface area contributed by atoms with Crippen molar-refractivity contribution in [2.75, 3.05) is 0 Å². The van der Waals surface area contributed by atoms with Gasteiger partial charge in [-0.2, -0.15) is 0 Å². The van der Waals surface area contributed by atoms with Gasteiger partial charge in [0.15, 0.2) is 0 Å². The normalized spacial score (nSPS) is 10.1. The molecule has 1 aromatic rings. The van der Waals surface area contributed by atoms with Gasteiger partial charge in [-0.3, -0.25) is 10.1 Å². The number of nitrogens with zero attached hydrogens (tertiary/aromatic N) is 1. The second-order valence-corrected chi connectivity index (χ2v) is 3.22. The minimum absolute atomic E-state index is 0.0233. The molecule has 0 amide bonds. The van der Waals surface area contributed by atoms with Crippen LogP contribution in [0.25, 0.3) is 0 Å². The Bertz CT molecular complexity index is 446. The average molecular weight is 199 g/mol. The van der Waals surface area contributed by atoms with E-state index in [0.717, 1.165) is 0 Å². The molecule has 0 spiro atoms. The van der Waals surface area contributed by atoms with Gasteiger partial charge in [-0.1, -0.05) is 11.8 Å². The third-order valence-electron chi connectivity index (χ3n) is 2.23. The Kier molecular flexibility index (Phi) is 2.78. The van der Waals surface area contributed by atoms with E-state index in [1.807, 2.05) is 0 Å². The highest BCUT2D eigenvalue weighted by Crippen LogP contribution is 2.24. The maximum Gasteiger partial charge on any atom is 0.269 e. The molecule has 0 saturated carbocycles. The first kappa shape index (κ1) is 10.8. The van der Waals surface area contributed by atoms with Crippen molar-refractivity contribution in [2.45, 2.75) is 12.3 Å². The molecule has 0 fully saturated rings. The first-order valence-electron chi connectivity index (χ1n) is 4.24. The Morgan fingerprint density at radius 3 is 2.07 bits per heavy atom. The molecule has 15 heavy (non-hydrogen) atoms. The summed E-state index contributed by atoms with van der Waals surface area (Å²) in [5.41, 5.74) is -0.0805. The summed E-state index contributed by atoms with van der Waals surface area (Å²) in [6.45, 7) is 1.72. The predicted molar refractivity (Wildman–Crippen MR) is 58.1 cm³/mol. The minimum atomic E-state index is -0.810. The lowest BCUT2D eigenvalue weighted by Crippen LogP contribution is -2.16. The number of nitro benzene ring substituents is 1. The van der Waals surface area contributed by atoms with Crippen LogP contribution < -0.4 is 0 Å². The van der Waals surface area contributed by atoms with Crippen molar-refractivity contribution in [1.29, 1.82) is 0 Å². The molecule has 0 aliphatic heterocycles. The highest BCUT2D eigenvalue weighted by molar-refractivity contribution is 5.45. The molecule has 74 valence electrons. The van der Waals surface area contributed by atoms with Gasteiger partial charge in [-0.05, 0) is 24.6 Å². The monoisotopic (exact) mass is 199 g/mol. The van der Waals surface area contributed by atoms with Crippen molar-refractivity contribution >= 4 is 5.69 Å². The van der Waals surface area contributed by atoms with E-state index in [0.29, 0.717) is 5.56 Å². The lowest BCUT2D eigenvalue weighted by atomic mass is 9.84. The van der Waals surface area contributed by atoms with Gasteiger partial charge in [0.2, 0.25) is 0 Å². The first-order chi connectivity index (χ1) is 7.03. The molecule has 0 N–H and O–H groups in total. The number of hydrogen-bond acceptors (Lipinski definition) is 2. The summed E-state index contributed by atoms with van der Waals surface area (Å²) < 4.78 is 0. The molecule has 0 heterocycles. The van der Waals surface area contributed by atoms with Crippen molar-refractivity contribution in [1.82, 2.24) is 0 Å². The minimum Gasteiger partial charge on any atom is -0.258 e. The lowest BCUT2D eigenvalue weighted by Gasteiger charge is -2.16. The van der Waals surface area contributed by atoms with Gasteiger partial charge >= 0.3 is 0 Å². The third kappa shape index (κ3) is 1.98. The molecule has 1 rings (SSSR count). The molecule has 3 nitrogen and oxygen atoms in total.